The third kappa shape index (κ3) is 2.09. The Morgan fingerprint density at radius 3 is 1.59 bits per heavy atom. The summed E-state index contributed by atoms with van der Waals surface area (Å²) < 4.78 is 0. The average Bonchev–Trinajstić information content (AvgIpc) is 2.82. The first-order valence-electron chi connectivity index (χ1n) is 6.43. The molecule has 1 aromatic rings. The van der Waals surface area contributed by atoms with Crippen LogP contribution in [0.1, 0.15) is 33.4 Å². The Bertz CT molecular complexity index is 460. The molecule has 17 heavy (non-hydrogen) atoms. The maximum absolute atomic E-state index is 2.30. The van der Waals surface area contributed by atoms with Crippen molar-refractivity contribution in [3.63, 3.8) is 0 Å². The van der Waals surface area contributed by atoms with Crippen molar-refractivity contribution in [3.05, 3.63) is 57.7 Å². The SMILES string of the molecule is Cc1c(C)c(C)c(CC2C=CC=C2)c(C)c1C. The Labute approximate surface area is 105 Å². The molecule has 0 heteroatoms. The molecule has 0 unspecified atom stereocenters. The van der Waals surface area contributed by atoms with Gasteiger partial charge in [-0.15, -0.1) is 0 Å². The Hall–Kier alpha value is -1.30. The van der Waals surface area contributed by atoms with Crippen molar-refractivity contribution in [1.29, 1.82) is 0 Å². The van der Waals surface area contributed by atoms with Gasteiger partial charge in [-0.25, -0.2) is 0 Å². The fourth-order valence-electron chi connectivity index (χ4n) is 2.73. The predicted molar refractivity (Wildman–Crippen MR) is 75.6 cm³/mol. The van der Waals surface area contributed by atoms with E-state index in [0.29, 0.717) is 5.92 Å². The molecule has 0 radical (unpaired) electrons. The zero-order valence-corrected chi connectivity index (χ0v) is 11.6. The standard InChI is InChI=1S/C17H22/c1-11-12(2)14(4)17(15(5)13(11)3)10-16-8-6-7-9-16/h6-9,16H,10H2,1-5H3. The summed E-state index contributed by atoms with van der Waals surface area (Å²) in [5, 5.41) is 0. The highest BCUT2D eigenvalue weighted by molar-refractivity contribution is 5.50. The van der Waals surface area contributed by atoms with Crippen LogP contribution in [0.15, 0.2) is 24.3 Å². The molecule has 0 saturated heterocycles. The molecule has 0 aromatic heterocycles. The van der Waals surface area contributed by atoms with Crippen LogP contribution in [0.25, 0.3) is 0 Å². The summed E-state index contributed by atoms with van der Waals surface area (Å²) >= 11 is 0. The van der Waals surface area contributed by atoms with Crippen LogP contribution in [0, 0.1) is 40.5 Å². The summed E-state index contributed by atoms with van der Waals surface area (Å²) in [5.41, 5.74) is 8.91. The number of rotatable bonds is 2. The topological polar surface area (TPSA) is 0 Å². The van der Waals surface area contributed by atoms with Crippen LogP contribution >= 0.6 is 0 Å². The predicted octanol–water partition coefficient (Wildman–Crippen LogP) is 4.51. The maximum atomic E-state index is 2.30. The van der Waals surface area contributed by atoms with E-state index in [0.717, 1.165) is 6.42 Å². The molecule has 0 fully saturated rings. The molecule has 0 N–H and O–H groups in total. The zero-order chi connectivity index (χ0) is 12.6. The number of allylic oxidation sites excluding steroid dienone is 4. The van der Waals surface area contributed by atoms with E-state index in [9.17, 15) is 0 Å². The van der Waals surface area contributed by atoms with Gasteiger partial charge < -0.3 is 0 Å². The fraction of sp³-hybridized carbons (Fsp3) is 0.412. The van der Waals surface area contributed by atoms with E-state index >= 15 is 0 Å². The van der Waals surface area contributed by atoms with Crippen molar-refractivity contribution < 1.29 is 0 Å². The molecule has 2 rings (SSSR count). The molecular formula is C17H22. The largest absolute Gasteiger partial charge is 0.0773 e. The molecule has 0 nitrogen and oxygen atoms in total. The average molecular weight is 226 g/mol. The first-order chi connectivity index (χ1) is 8.02. The van der Waals surface area contributed by atoms with Crippen molar-refractivity contribution in [1.82, 2.24) is 0 Å². The highest BCUT2D eigenvalue weighted by Gasteiger charge is 2.14. The van der Waals surface area contributed by atoms with E-state index in [1.54, 1.807) is 5.56 Å². The first-order valence-corrected chi connectivity index (χ1v) is 6.43. The minimum Gasteiger partial charge on any atom is -0.0773 e. The molecule has 0 spiro atoms. The highest BCUT2D eigenvalue weighted by atomic mass is 14.2. The summed E-state index contributed by atoms with van der Waals surface area (Å²) in [7, 11) is 0. The second-order valence-electron chi connectivity index (χ2n) is 5.24. The van der Waals surface area contributed by atoms with Gasteiger partial charge in [-0.3, -0.25) is 0 Å². The van der Waals surface area contributed by atoms with Gasteiger partial charge in [-0.1, -0.05) is 24.3 Å². The lowest BCUT2D eigenvalue weighted by Crippen LogP contribution is -2.06. The molecule has 1 aliphatic carbocycles. The zero-order valence-electron chi connectivity index (χ0n) is 11.6. The van der Waals surface area contributed by atoms with Crippen LogP contribution in [0.2, 0.25) is 0 Å². The summed E-state index contributed by atoms with van der Waals surface area (Å²) in [6, 6.07) is 0. The lowest BCUT2D eigenvalue weighted by Gasteiger charge is -2.20. The number of benzene rings is 1. The van der Waals surface area contributed by atoms with E-state index in [-0.39, 0.29) is 0 Å². The van der Waals surface area contributed by atoms with Gasteiger partial charge in [0.1, 0.15) is 0 Å². The summed E-state index contributed by atoms with van der Waals surface area (Å²) in [6.45, 7) is 11.3. The van der Waals surface area contributed by atoms with E-state index < -0.39 is 0 Å². The van der Waals surface area contributed by atoms with Crippen molar-refractivity contribution in [2.24, 2.45) is 5.92 Å². The van der Waals surface area contributed by atoms with E-state index in [2.05, 4.69) is 58.9 Å². The molecule has 0 atom stereocenters. The fourth-order valence-corrected chi connectivity index (χ4v) is 2.73. The van der Waals surface area contributed by atoms with Gasteiger partial charge >= 0.3 is 0 Å². The third-order valence-corrected chi connectivity index (χ3v) is 4.42. The van der Waals surface area contributed by atoms with Crippen molar-refractivity contribution >= 4 is 0 Å². The molecule has 1 aliphatic rings. The van der Waals surface area contributed by atoms with Crippen molar-refractivity contribution in [2.45, 2.75) is 41.0 Å². The Morgan fingerprint density at radius 1 is 0.706 bits per heavy atom. The van der Waals surface area contributed by atoms with Crippen LogP contribution in [-0.4, -0.2) is 0 Å². The molecule has 0 heterocycles. The molecule has 0 saturated carbocycles. The lowest BCUT2D eigenvalue weighted by molar-refractivity contribution is 0.800. The smallest absolute Gasteiger partial charge is 0.000663 e. The second kappa shape index (κ2) is 4.52. The Balaban J connectivity index is 2.46. The number of hydrogen-bond acceptors (Lipinski definition) is 0. The molecule has 0 aliphatic heterocycles. The van der Waals surface area contributed by atoms with Gasteiger partial charge in [0.2, 0.25) is 0 Å². The molecular weight excluding hydrogens is 204 g/mol. The Kier molecular flexibility index (Phi) is 3.24. The van der Waals surface area contributed by atoms with Gasteiger partial charge in [0.15, 0.2) is 0 Å². The molecule has 90 valence electrons. The normalized spacial score (nSPS) is 14.9. The maximum Gasteiger partial charge on any atom is -0.000663 e. The highest BCUT2D eigenvalue weighted by Crippen LogP contribution is 2.29. The number of hydrogen-bond donors (Lipinski definition) is 0. The van der Waals surface area contributed by atoms with Crippen LogP contribution in [0.5, 0.6) is 0 Å². The monoisotopic (exact) mass is 226 g/mol. The second-order valence-corrected chi connectivity index (χ2v) is 5.24. The molecule has 0 bridgehead atoms. The van der Waals surface area contributed by atoms with Crippen molar-refractivity contribution in [2.75, 3.05) is 0 Å². The van der Waals surface area contributed by atoms with Gasteiger partial charge in [-0.05, 0) is 80.3 Å². The molecule has 0 amide bonds. The minimum absolute atomic E-state index is 0.592. The van der Waals surface area contributed by atoms with Crippen LogP contribution in [0.3, 0.4) is 0 Å². The minimum atomic E-state index is 0.592. The lowest BCUT2D eigenvalue weighted by atomic mass is 9.85. The van der Waals surface area contributed by atoms with Crippen LogP contribution in [0.4, 0.5) is 0 Å². The van der Waals surface area contributed by atoms with Gasteiger partial charge in [0.05, 0.1) is 0 Å². The van der Waals surface area contributed by atoms with Crippen LogP contribution in [-0.2, 0) is 6.42 Å². The first kappa shape index (κ1) is 12.2. The van der Waals surface area contributed by atoms with E-state index in [1.807, 2.05) is 0 Å². The molecule has 1 aromatic carbocycles. The third-order valence-electron chi connectivity index (χ3n) is 4.42. The Morgan fingerprint density at radius 2 is 1.12 bits per heavy atom. The van der Waals surface area contributed by atoms with E-state index in [1.165, 1.54) is 27.8 Å². The van der Waals surface area contributed by atoms with Gasteiger partial charge in [0, 0.05) is 0 Å². The quantitative estimate of drug-likeness (QED) is 0.696. The van der Waals surface area contributed by atoms with Gasteiger partial charge in [0.25, 0.3) is 0 Å². The summed E-state index contributed by atoms with van der Waals surface area (Å²) in [4.78, 5) is 0. The van der Waals surface area contributed by atoms with Gasteiger partial charge in [-0.2, -0.15) is 0 Å². The summed E-state index contributed by atoms with van der Waals surface area (Å²) in [5.74, 6) is 0.592. The van der Waals surface area contributed by atoms with Crippen LogP contribution < -0.4 is 0 Å². The van der Waals surface area contributed by atoms with E-state index in [4.69, 9.17) is 0 Å². The summed E-state index contributed by atoms with van der Waals surface area (Å²) in [6.07, 6.45) is 10.0. The van der Waals surface area contributed by atoms with Crippen molar-refractivity contribution in [3.8, 4) is 0 Å².